The fourth-order valence-corrected chi connectivity index (χ4v) is 5.99. The summed E-state index contributed by atoms with van der Waals surface area (Å²) in [5, 5.41) is 4.14. The average molecular weight is 639 g/mol. The molecule has 11 heteroatoms. The van der Waals surface area contributed by atoms with Crippen LogP contribution in [0.5, 0.6) is 0 Å². The molecule has 3 aromatic carbocycles. The van der Waals surface area contributed by atoms with Crippen LogP contribution in [0.25, 0.3) is 0 Å². The molecule has 0 aliphatic rings. The summed E-state index contributed by atoms with van der Waals surface area (Å²) >= 11 is 18.7. The Morgan fingerprint density at radius 1 is 0.951 bits per heavy atom. The first-order chi connectivity index (χ1) is 19.4. The summed E-state index contributed by atoms with van der Waals surface area (Å²) < 4.78 is 26.9. The summed E-state index contributed by atoms with van der Waals surface area (Å²) in [5.41, 5.74) is 2.32. The second kappa shape index (κ2) is 14.9. The number of hydrogen-bond acceptors (Lipinski definition) is 4. The maximum Gasteiger partial charge on any atom is 0.244 e. The Kier molecular flexibility index (Phi) is 11.9. The maximum absolute atomic E-state index is 14.1. The molecule has 3 rings (SSSR count). The molecular formula is C30H34Cl3N3O4S. The first kappa shape index (κ1) is 32.7. The van der Waals surface area contributed by atoms with Crippen molar-refractivity contribution < 1.29 is 18.0 Å². The molecule has 1 atom stereocenters. The zero-order valence-electron chi connectivity index (χ0n) is 23.2. The standard InChI is InChI=1S/C30H34Cl3N3O4S/c1-4-5-15-34-30(38)28(17-22-9-7-6-8-10-22)35(19-23-11-12-25(32)18-26(23)33)29(37)20-36(41(3,39)40)27-14-13-24(31)16-21(27)2/h6-14,16,18,28H,4-5,15,17,19-20H2,1-3H3,(H,34,38)/t28-/m0/s1. The van der Waals surface area contributed by atoms with Crippen molar-refractivity contribution in [2.75, 3.05) is 23.7 Å². The molecule has 220 valence electrons. The Hall–Kier alpha value is -2.78. The van der Waals surface area contributed by atoms with E-state index in [1.54, 1.807) is 43.3 Å². The molecule has 2 amide bonds. The van der Waals surface area contributed by atoms with Gasteiger partial charge in [-0.1, -0.05) is 84.5 Å². The maximum atomic E-state index is 14.1. The van der Waals surface area contributed by atoms with E-state index in [0.717, 1.165) is 29.0 Å². The van der Waals surface area contributed by atoms with Crippen LogP contribution in [0.3, 0.4) is 0 Å². The van der Waals surface area contributed by atoms with E-state index in [2.05, 4.69) is 5.32 Å². The highest BCUT2D eigenvalue weighted by atomic mass is 35.5. The van der Waals surface area contributed by atoms with Crippen LogP contribution in [-0.4, -0.2) is 50.5 Å². The van der Waals surface area contributed by atoms with E-state index in [-0.39, 0.29) is 18.9 Å². The van der Waals surface area contributed by atoms with Gasteiger partial charge in [-0.05, 0) is 60.4 Å². The third-order valence-electron chi connectivity index (χ3n) is 6.56. The third kappa shape index (κ3) is 9.36. The fraction of sp³-hybridized carbons (Fsp3) is 0.333. The lowest BCUT2D eigenvalue weighted by molar-refractivity contribution is -0.140. The minimum Gasteiger partial charge on any atom is -0.354 e. The van der Waals surface area contributed by atoms with Crippen LogP contribution in [0.1, 0.15) is 36.5 Å². The molecule has 1 N–H and O–H groups in total. The van der Waals surface area contributed by atoms with Crippen molar-refractivity contribution in [3.8, 4) is 0 Å². The van der Waals surface area contributed by atoms with Crippen molar-refractivity contribution in [3.05, 3.63) is 98.5 Å². The highest BCUT2D eigenvalue weighted by Gasteiger charge is 2.33. The molecule has 0 fully saturated rings. The van der Waals surface area contributed by atoms with Crippen molar-refractivity contribution in [1.29, 1.82) is 0 Å². The largest absolute Gasteiger partial charge is 0.354 e. The molecule has 3 aromatic rings. The molecule has 0 spiro atoms. The number of sulfonamides is 1. The van der Waals surface area contributed by atoms with Gasteiger partial charge < -0.3 is 10.2 Å². The van der Waals surface area contributed by atoms with Crippen LogP contribution in [0.4, 0.5) is 5.69 Å². The molecule has 0 bridgehead atoms. The SMILES string of the molecule is CCCCNC(=O)[C@H](Cc1ccccc1)N(Cc1ccc(Cl)cc1Cl)C(=O)CN(c1ccc(Cl)cc1C)S(C)(=O)=O. The number of unbranched alkanes of at least 4 members (excludes halogenated alkanes) is 1. The molecule has 0 radical (unpaired) electrons. The lowest BCUT2D eigenvalue weighted by Gasteiger charge is -2.34. The highest BCUT2D eigenvalue weighted by Crippen LogP contribution is 2.28. The summed E-state index contributed by atoms with van der Waals surface area (Å²) in [5.74, 6) is -0.906. The minimum absolute atomic E-state index is 0.0370. The van der Waals surface area contributed by atoms with Gasteiger partial charge in [0.15, 0.2) is 0 Å². The van der Waals surface area contributed by atoms with E-state index < -0.39 is 28.5 Å². The van der Waals surface area contributed by atoms with E-state index in [0.29, 0.717) is 38.4 Å². The van der Waals surface area contributed by atoms with Crippen LogP contribution in [0, 0.1) is 6.92 Å². The summed E-state index contributed by atoms with van der Waals surface area (Å²) in [6.07, 6.45) is 2.91. The lowest BCUT2D eigenvalue weighted by atomic mass is 10.0. The smallest absolute Gasteiger partial charge is 0.244 e. The van der Waals surface area contributed by atoms with Gasteiger partial charge in [0, 0.05) is 34.6 Å². The van der Waals surface area contributed by atoms with E-state index in [1.165, 1.54) is 4.90 Å². The molecule has 0 aliphatic heterocycles. The van der Waals surface area contributed by atoms with Gasteiger partial charge in [0.1, 0.15) is 12.6 Å². The average Bonchev–Trinajstić information content (AvgIpc) is 2.90. The van der Waals surface area contributed by atoms with Crippen molar-refractivity contribution in [2.45, 2.75) is 45.7 Å². The van der Waals surface area contributed by atoms with E-state index in [1.807, 2.05) is 37.3 Å². The molecule has 0 heterocycles. The number of carbonyl (C=O) groups excluding carboxylic acids is 2. The molecular weight excluding hydrogens is 605 g/mol. The summed E-state index contributed by atoms with van der Waals surface area (Å²) in [7, 11) is -3.89. The Bertz CT molecular complexity index is 1470. The lowest BCUT2D eigenvalue weighted by Crippen LogP contribution is -2.53. The number of amides is 2. The highest BCUT2D eigenvalue weighted by molar-refractivity contribution is 7.92. The predicted octanol–water partition coefficient (Wildman–Crippen LogP) is 6.28. The van der Waals surface area contributed by atoms with Gasteiger partial charge in [-0.3, -0.25) is 13.9 Å². The first-order valence-corrected chi connectivity index (χ1v) is 16.2. The number of carbonyl (C=O) groups is 2. The number of hydrogen-bond donors (Lipinski definition) is 1. The van der Waals surface area contributed by atoms with Crippen molar-refractivity contribution >= 4 is 62.3 Å². The Balaban J connectivity index is 2.08. The van der Waals surface area contributed by atoms with Crippen LogP contribution in [-0.2, 0) is 32.6 Å². The molecule has 0 saturated heterocycles. The second-order valence-corrected chi connectivity index (χ2v) is 13.0. The molecule has 7 nitrogen and oxygen atoms in total. The van der Waals surface area contributed by atoms with Gasteiger partial charge in [0.2, 0.25) is 21.8 Å². The Morgan fingerprint density at radius 2 is 1.61 bits per heavy atom. The van der Waals surface area contributed by atoms with Crippen LogP contribution in [0.15, 0.2) is 66.7 Å². The fourth-order valence-electron chi connectivity index (χ4n) is 4.39. The number of nitrogens with one attached hydrogen (secondary N) is 1. The molecule has 0 aromatic heterocycles. The Labute approximate surface area is 257 Å². The number of rotatable bonds is 13. The summed E-state index contributed by atoms with van der Waals surface area (Å²) in [6, 6.07) is 18.1. The summed E-state index contributed by atoms with van der Waals surface area (Å²) in [6.45, 7) is 3.62. The van der Waals surface area contributed by atoms with Crippen LogP contribution in [0.2, 0.25) is 15.1 Å². The number of nitrogens with zero attached hydrogens (tertiary/aromatic N) is 2. The van der Waals surface area contributed by atoms with Crippen molar-refractivity contribution in [3.63, 3.8) is 0 Å². The minimum atomic E-state index is -3.89. The van der Waals surface area contributed by atoms with Gasteiger partial charge in [-0.2, -0.15) is 0 Å². The molecule has 0 unspecified atom stereocenters. The van der Waals surface area contributed by atoms with Crippen LogP contribution < -0.4 is 9.62 Å². The number of halogens is 3. The molecule has 0 aliphatic carbocycles. The Morgan fingerprint density at radius 3 is 2.22 bits per heavy atom. The third-order valence-corrected chi connectivity index (χ3v) is 8.51. The van der Waals surface area contributed by atoms with Gasteiger partial charge >= 0.3 is 0 Å². The van der Waals surface area contributed by atoms with Gasteiger partial charge in [-0.15, -0.1) is 0 Å². The summed E-state index contributed by atoms with van der Waals surface area (Å²) in [4.78, 5) is 29.2. The van der Waals surface area contributed by atoms with Crippen LogP contribution >= 0.6 is 34.8 Å². The van der Waals surface area contributed by atoms with E-state index in [9.17, 15) is 18.0 Å². The number of benzene rings is 3. The van der Waals surface area contributed by atoms with Gasteiger partial charge in [-0.25, -0.2) is 8.42 Å². The van der Waals surface area contributed by atoms with E-state index >= 15 is 0 Å². The normalized spacial score (nSPS) is 12.0. The molecule has 0 saturated carbocycles. The second-order valence-electron chi connectivity index (χ2n) is 9.81. The van der Waals surface area contributed by atoms with Gasteiger partial charge in [0.05, 0.1) is 11.9 Å². The number of aryl methyl sites for hydroxylation is 1. The van der Waals surface area contributed by atoms with Gasteiger partial charge in [0.25, 0.3) is 0 Å². The predicted molar refractivity (Wildman–Crippen MR) is 167 cm³/mol. The quantitative estimate of drug-likeness (QED) is 0.223. The zero-order valence-corrected chi connectivity index (χ0v) is 26.3. The van der Waals surface area contributed by atoms with Crippen molar-refractivity contribution in [2.24, 2.45) is 0 Å². The zero-order chi connectivity index (χ0) is 30.2. The first-order valence-electron chi connectivity index (χ1n) is 13.2. The van der Waals surface area contributed by atoms with Crippen molar-refractivity contribution in [1.82, 2.24) is 10.2 Å². The monoisotopic (exact) mass is 637 g/mol. The number of anilines is 1. The topological polar surface area (TPSA) is 86.8 Å². The van der Waals surface area contributed by atoms with E-state index in [4.69, 9.17) is 34.8 Å². The molecule has 41 heavy (non-hydrogen) atoms.